The number of H-pyrrole nitrogens is 1. The highest BCUT2D eigenvalue weighted by Gasteiger charge is 2.19. The summed E-state index contributed by atoms with van der Waals surface area (Å²) in [6.07, 6.45) is 0.843. The van der Waals surface area contributed by atoms with E-state index in [1.165, 1.54) is 12.1 Å². The number of aryl methyl sites for hydroxylation is 2. The Morgan fingerprint density at radius 3 is 2.93 bits per heavy atom. The Balaban J connectivity index is 1.42. The number of furan rings is 1. The van der Waals surface area contributed by atoms with Crippen molar-refractivity contribution in [3.05, 3.63) is 65.4 Å². The minimum absolute atomic E-state index is 0.0889. The van der Waals surface area contributed by atoms with E-state index in [0.29, 0.717) is 24.2 Å². The predicted molar refractivity (Wildman–Crippen MR) is 102 cm³/mol. The molecule has 0 aliphatic heterocycles. The van der Waals surface area contributed by atoms with Crippen molar-refractivity contribution in [1.82, 2.24) is 15.3 Å². The maximum Gasteiger partial charge on any atom is 0.221 e. The lowest BCUT2D eigenvalue weighted by Crippen LogP contribution is -2.27. The van der Waals surface area contributed by atoms with Gasteiger partial charge in [0.05, 0.1) is 17.1 Å². The molecule has 0 spiro atoms. The monoisotopic (exact) mass is 365 g/mol. The molecule has 0 saturated heterocycles. The number of nitrogens with one attached hydrogen (secondary N) is 2. The number of rotatable bonds is 5. The van der Waals surface area contributed by atoms with E-state index in [1.807, 2.05) is 38.1 Å². The summed E-state index contributed by atoms with van der Waals surface area (Å²) < 4.78 is 19.3. The molecule has 1 amide bonds. The molecule has 4 rings (SSSR count). The normalized spacial score (nSPS) is 12.6. The SMILES string of the molecule is Cc1c(C(C)NC(=O)CCc2nc3ccccc3[nH]2)oc2ccc(F)cc12. The summed E-state index contributed by atoms with van der Waals surface area (Å²) in [6.45, 7) is 3.73. The summed E-state index contributed by atoms with van der Waals surface area (Å²) in [6, 6.07) is 11.9. The number of aromatic nitrogens is 2. The first-order valence-corrected chi connectivity index (χ1v) is 8.93. The first-order chi connectivity index (χ1) is 13.0. The number of amides is 1. The van der Waals surface area contributed by atoms with E-state index in [9.17, 15) is 9.18 Å². The minimum Gasteiger partial charge on any atom is -0.459 e. The van der Waals surface area contributed by atoms with Gasteiger partial charge in [0.1, 0.15) is 23.0 Å². The van der Waals surface area contributed by atoms with Crippen LogP contribution in [0.5, 0.6) is 0 Å². The van der Waals surface area contributed by atoms with Crippen molar-refractivity contribution in [2.75, 3.05) is 0 Å². The topological polar surface area (TPSA) is 70.9 Å². The van der Waals surface area contributed by atoms with Crippen molar-refractivity contribution in [3.8, 4) is 0 Å². The molecule has 138 valence electrons. The Bertz CT molecular complexity index is 1100. The molecular weight excluding hydrogens is 345 g/mol. The Morgan fingerprint density at radius 2 is 2.11 bits per heavy atom. The fourth-order valence-corrected chi connectivity index (χ4v) is 3.36. The van der Waals surface area contributed by atoms with Crippen LogP contribution in [0.4, 0.5) is 4.39 Å². The van der Waals surface area contributed by atoms with Gasteiger partial charge in [-0.05, 0) is 44.2 Å². The number of carbonyl (C=O) groups excluding carboxylic acids is 1. The Labute approximate surface area is 155 Å². The zero-order valence-electron chi connectivity index (χ0n) is 15.2. The van der Waals surface area contributed by atoms with Crippen molar-refractivity contribution in [2.24, 2.45) is 0 Å². The largest absolute Gasteiger partial charge is 0.459 e. The Morgan fingerprint density at radius 1 is 1.30 bits per heavy atom. The van der Waals surface area contributed by atoms with Gasteiger partial charge in [-0.2, -0.15) is 0 Å². The van der Waals surface area contributed by atoms with Gasteiger partial charge in [-0.25, -0.2) is 9.37 Å². The first kappa shape index (κ1) is 17.3. The number of hydrogen-bond acceptors (Lipinski definition) is 3. The zero-order valence-corrected chi connectivity index (χ0v) is 15.2. The number of fused-ring (bicyclic) bond motifs is 2. The second-order valence-corrected chi connectivity index (χ2v) is 6.72. The zero-order chi connectivity index (χ0) is 19.0. The van der Waals surface area contributed by atoms with Crippen LogP contribution in [-0.4, -0.2) is 15.9 Å². The number of carbonyl (C=O) groups is 1. The van der Waals surface area contributed by atoms with Gasteiger partial charge >= 0.3 is 0 Å². The van der Waals surface area contributed by atoms with Crippen LogP contribution < -0.4 is 5.32 Å². The second-order valence-electron chi connectivity index (χ2n) is 6.72. The lowest BCUT2D eigenvalue weighted by Gasteiger charge is -2.12. The number of halogens is 1. The summed E-state index contributed by atoms with van der Waals surface area (Å²) in [7, 11) is 0. The average molecular weight is 365 g/mol. The molecule has 1 atom stereocenters. The van der Waals surface area contributed by atoms with Crippen LogP contribution in [0.3, 0.4) is 0 Å². The maximum absolute atomic E-state index is 13.5. The number of imidazole rings is 1. The number of nitrogens with zero attached hydrogens (tertiary/aromatic N) is 1. The average Bonchev–Trinajstić information content (AvgIpc) is 3.21. The molecule has 1 unspecified atom stereocenters. The lowest BCUT2D eigenvalue weighted by atomic mass is 10.1. The Kier molecular flexibility index (Phi) is 4.39. The molecular formula is C21H20FN3O2. The molecule has 2 heterocycles. The van der Waals surface area contributed by atoms with Crippen LogP contribution in [0, 0.1) is 12.7 Å². The highest BCUT2D eigenvalue weighted by atomic mass is 19.1. The third-order valence-corrected chi connectivity index (χ3v) is 4.73. The quantitative estimate of drug-likeness (QED) is 0.544. The molecule has 2 aromatic heterocycles. The Hall–Kier alpha value is -3.15. The summed E-state index contributed by atoms with van der Waals surface area (Å²) >= 11 is 0. The third kappa shape index (κ3) is 3.43. The highest BCUT2D eigenvalue weighted by molar-refractivity contribution is 5.83. The summed E-state index contributed by atoms with van der Waals surface area (Å²) in [5, 5.41) is 3.68. The van der Waals surface area contributed by atoms with E-state index in [2.05, 4.69) is 15.3 Å². The van der Waals surface area contributed by atoms with Gasteiger partial charge in [-0.3, -0.25) is 4.79 Å². The first-order valence-electron chi connectivity index (χ1n) is 8.93. The number of para-hydroxylation sites is 2. The van der Waals surface area contributed by atoms with E-state index < -0.39 is 0 Å². The van der Waals surface area contributed by atoms with E-state index in [0.717, 1.165) is 27.8 Å². The highest BCUT2D eigenvalue weighted by Crippen LogP contribution is 2.30. The number of benzene rings is 2. The number of hydrogen-bond donors (Lipinski definition) is 2. The molecule has 4 aromatic rings. The second kappa shape index (κ2) is 6.87. The van der Waals surface area contributed by atoms with Gasteiger partial charge in [0.2, 0.25) is 5.91 Å². The molecule has 5 nitrogen and oxygen atoms in total. The lowest BCUT2D eigenvalue weighted by molar-refractivity contribution is -0.121. The molecule has 0 fully saturated rings. The van der Waals surface area contributed by atoms with Crippen molar-refractivity contribution < 1.29 is 13.6 Å². The van der Waals surface area contributed by atoms with E-state index in [-0.39, 0.29) is 17.8 Å². The number of aromatic amines is 1. The molecule has 0 aliphatic rings. The summed E-state index contributed by atoms with van der Waals surface area (Å²) in [4.78, 5) is 20.0. The van der Waals surface area contributed by atoms with Gasteiger partial charge in [0, 0.05) is 23.8 Å². The summed E-state index contributed by atoms with van der Waals surface area (Å²) in [5.41, 5.74) is 3.32. The van der Waals surface area contributed by atoms with Crippen LogP contribution in [0.15, 0.2) is 46.9 Å². The molecule has 0 bridgehead atoms. The fourth-order valence-electron chi connectivity index (χ4n) is 3.36. The van der Waals surface area contributed by atoms with Gasteiger partial charge in [0.15, 0.2) is 0 Å². The minimum atomic E-state index is -0.305. The van der Waals surface area contributed by atoms with Gasteiger partial charge < -0.3 is 14.7 Å². The summed E-state index contributed by atoms with van der Waals surface area (Å²) in [5.74, 6) is 1.04. The fraction of sp³-hybridized carbons (Fsp3) is 0.238. The van der Waals surface area contributed by atoms with E-state index in [1.54, 1.807) is 6.07 Å². The van der Waals surface area contributed by atoms with Gasteiger partial charge in [-0.15, -0.1) is 0 Å². The molecule has 2 aromatic carbocycles. The smallest absolute Gasteiger partial charge is 0.221 e. The van der Waals surface area contributed by atoms with Crippen LogP contribution >= 0.6 is 0 Å². The van der Waals surface area contributed by atoms with E-state index >= 15 is 0 Å². The molecule has 0 radical (unpaired) electrons. The van der Waals surface area contributed by atoms with Crippen LogP contribution in [0.2, 0.25) is 0 Å². The molecule has 0 aliphatic carbocycles. The molecule has 27 heavy (non-hydrogen) atoms. The van der Waals surface area contributed by atoms with E-state index in [4.69, 9.17) is 4.42 Å². The standard InChI is InChI=1S/C21H20FN3O2/c1-12-15-11-14(22)7-8-18(15)27-21(12)13(2)23-20(26)10-9-19-24-16-5-3-4-6-17(16)25-19/h3-8,11,13H,9-10H2,1-2H3,(H,23,26)(H,24,25). The predicted octanol–water partition coefficient (Wildman–Crippen LogP) is 4.57. The third-order valence-electron chi connectivity index (χ3n) is 4.73. The molecule has 6 heteroatoms. The van der Waals surface area contributed by atoms with Crippen LogP contribution in [-0.2, 0) is 11.2 Å². The van der Waals surface area contributed by atoms with Crippen molar-refractivity contribution in [3.63, 3.8) is 0 Å². The maximum atomic E-state index is 13.5. The van der Waals surface area contributed by atoms with Gasteiger partial charge in [0.25, 0.3) is 0 Å². The van der Waals surface area contributed by atoms with Crippen molar-refractivity contribution in [2.45, 2.75) is 32.7 Å². The molecule has 0 saturated carbocycles. The van der Waals surface area contributed by atoms with Crippen molar-refractivity contribution >= 4 is 27.9 Å². The van der Waals surface area contributed by atoms with Gasteiger partial charge in [-0.1, -0.05) is 12.1 Å². The van der Waals surface area contributed by atoms with Crippen LogP contribution in [0.25, 0.3) is 22.0 Å². The van der Waals surface area contributed by atoms with Crippen LogP contribution in [0.1, 0.15) is 36.5 Å². The molecule has 2 N–H and O–H groups in total. The van der Waals surface area contributed by atoms with Crippen molar-refractivity contribution in [1.29, 1.82) is 0 Å².